The highest BCUT2D eigenvalue weighted by atomic mass is 19.1. The molecule has 0 heterocycles. The van der Waals surface area contributed by atoms with E-state index in [1.165, 1.54) is 0 Å². The van der Waals surface area contributed by atoms with Gasteiger partial charge < -0.3 is 5.11 Å². The second-order valence-corrected chi connectivity index (χ2v) is 2.87. The third-order valence-electron chi connectivity index (χ3n) is 2.16. The van der Waals surface area contributed by atoms with Crippen molar-refractivity contribution in [2.24, 2.45) is 5.92 Å². The first-order valence-corrected chi connectivity index (χ1v) is 3.54. The van der Waals surface area contributed by atoms with Gasteiger partial charge in [0.1, 0.15) is 6.17 Å². The van der Waals surface area contributed by atoms with Crippen molar-refractivity contribution in [1.29, 1.82) is 0 Å². The minimum absolute atomic E-state index is 0.140. The number of halogens is 1. The summed E-state index contributed by atoms with van der Waals surface area (Å²) in [7, 11) is 0. The second kappa shape index (κ2) is 2.65. The third kappa shape index (κ3) is 1.42. The van der Waals surface area contributed by atoms with E-state index in [9.17, 15) is 4.39 Å². The summed E-state index contributed by atoms with van der Waals surface area (Å²) in [6.45, 7) is 1.77. The predicted octanol–water partition coefficient (Wildman–Crippen LogP) is 1.51. The van der Waals surface area contributed by atoms with E-state index in [0.29, 0.717) is 6.42 Å². The molecule has 1 aliphatic rings. The summed E-state index contributed by atoms with van der Waals surface area (Å²) in [5, 5.41) is 9.11. The van der Waals surface area contributed by atoms with E-state index < -0.39 is 12.3 Å². The summed E-state index contributed by atoms with van der Waals surface area (Å²) in [5.74, 6) is -0.140. The highest BCUT2D eigenvalue weighted by Crippen LogP contribution is 2.26. The van der Waals surface area contributed by atoms with Crippen LogP contribution in [0.5, 0.6) is 0 Å². The molecular weight excluding hydrogens is 119 g/mol. The van der Waals surface area contributed by atoms with Gasteiger partial charge in [-0.25, -0.2) is 4.39 Å². The Morgan fingerprint density at radius 1 is 1.44 bits per heavy atom. The molecule has 1 saturated carbocycles. The van der Waals surface area contributed by atoms with Gasteiger partial charge in [-0.2, -0.15) is 0 Å². The van der Waals surface area contributed by atoms with Gasteiger partial charge >= 0.3 is 0 Å². The second-order valence-electron chi connectivity index (χ2n) is 2.87. The van der Waals surface area contributed by atoms with E-state index in [0.717, 1.165) is 12.8 Å². The van der Waals surface area contributed by atoms with Crippen molar-refractivity contribution >= 4 is 0 Å². The lowest BCUT2D eigenvalue weighted by Gasteiger charge is -2.27. The largest absolute Gasteiger partial charge is 0.393 e. The Bertz CT molecular complexity index is 84.9. The molecule has 0 bridgehead atoms. The van der Waals surface area contributed by atoms with Crippen LogP contribution in [0.3, 0.4) is 0 Å². The molecule has 0 aromatic carbocycles. The minimum Gasteiger partial charge on any atom is -0.393 e. The Morgan fingerprint density at radius 3 is 2.56 bits per heavy atom. The molecule has 0 unspecified atom stereocenters. The number of hydrogen-bond donors (Lipinski definition) is 1. The fourth-order valence-electron chi connectivity index (χ4n) is 1.29. The lowest BCUT2D eigenvalue weighted by atomic mass is 9.86. The first kappa shape index (κ1) is 7.00. The van der Waals surface area contributed by atoms with Gasteiger partial charge in [-0.3, -0.25) is 0 Å². The maximum absolute atomic E-state index is 12.7. The van der Waals surface area contributed by atoms with Crippen LogP contribution in [0.4, 0.5) is 4.39 Å². The fourth-order valence-corrected chi connectivity index (χ4v) is 1.29. The summed E-state index contributed by atoms with van der Waals surface area (Å²) in [6, 6.07) is 0. The van der Waals surface area contributed by atoms with Crippen LogP contribution < -0.4 is 0 Å². The van der Waals surface area contributed by atoms with Crippen molar-refractivity contribution in [2.75, 3.05) is 0 Å². The number of hydrogen-bond acceptors (Lipinski definition) is 1. The van der Waals surface area contributed by atoms with Gasteiger partial charge in [0.2, 0.25) is 0 Å². The summed E-state index contributed by atoms with van der Waals surface area (Å²) in [6.07, 6.45) is 1.09. The molecule has 1 fully saturated rings. The molecule has 1 nitrogen and oxygen atoms in total. The maximum Gasteiger partial charge on any atom is 0.105 e. The van der Waals surface area contributed by atoms with Crippen LogP contribution >= 0.6 is 0 Å². The van der Waals surface area contributed by atoms with E-state index in [1.54, 1.807) is 6.92 Å². The van der Waals surface area contributed by atoms with Crippen molar-refractivity contribution in [3.8, 4) is 0 Å². The average Bonchev–Trinajstić information content (AvgIpc) is 1.83. The van der Waals surface area contributed by atoms with Crippen molar-refractivity contribution in [3.05, 3.63) is 0 Å². The van der Waals surface area contributed by atoms with Crippen LogP contribution in [-0.4, -0.2) is 17.4 Å². The van der Waals surface area contributed by atoms with E-state index in [-0.39, 0.29) is 5.92 Å². The molecule has 9 heavy (non-hydrogen) atoms. The highest BCUT2D eigenvalue weighted by molar-refractivity contribution is 4.77. The van der Waals surface area contributed by atoms with Crippen LogP contribution in [-0.2, 0) is 0 Å². The molecule has 3 atom stereocenters. The van der Waals surface area contributed by atoms with Gasteiger partial charge in [0.25, 0.3) is 0 Å². The number of aliphatic hydroxyl groups excluding tert-OH is 1. The Morgan fingerprint density at radius 2 is 2.11 bits per heavy atom. The van der Waals surface area contributed by atoms with Gasteiger partial charge in [0, 0.05) is 5.92 Å². The fraction of sp³-hybridized carbons (Fsp3) is 1.00. The molecule has 0 aliphatic heterocycles. The standard InChI is InChI=1S/C7H13FO/c1-5-6(8)3-2-4-7(5)9/h5-7,9H,2-4H2,1H3/t5-,6+,7-/m0/s1. The van der Waals surface area contributed by atoms with Gasteiger partial charge in [-0.05, 0) is 19.3 Å². The molecule has 1 rings (SSSR count). The van der Waals surface area contributed by atoms with Crippen molar-refractivity contribution in [3.63, 3.8) is 0 Å². The van der Waals surface area contributed by atoms with Crippen LogP contribution in [0.1, 0.15) is 26.2 Å². The van der Waals surface area contributed by atoms with Crippen LogP contribution in [0.2, 0.25) is 0 Å². The van der Waals surface area contributed by atoms with E-state index in [2.05, 4.69) is 0 Å². The number of rotatable bonds is 0. The maximum atomic E-state index is 12.7. The van der Waals surface area contributed by atoms with E-state index >= 15 is 0 Å². The zero-order chi connectivity index (χ0) is 6.85. The lowest BCUT2D eigenvalue weighted by molar-refractivity contribution is 0.0262. The summed E-state index contributed by atoms with van der Waals surface area (Å²) >= 11 is 0. The van der Waals surface area contributed by atoms with Gasteiger partial charge in [-0.1, -0.05) is 6.92 Å². The third-order valence-corrected chi connectivity index (χ3v) is 2.16. The molecule has 0 radical (unpaired) electrons. The zero-order valence-electron chi connectivity index (χ0n) is 5.68. The van der Waals surface area contributed by atoms with Gasteiger partial charge in [0.05, 0.1) is 6.10 Å². The molecular formula is C7H13FO. The lowest BCUT2D eigenvalue weighted by Crippen LogP contribution is -2.30. The zero-order valence-corrected chi connectivity index (χ0v) is 5.68. The Balaban J connectivity index is 2.41. The van der Waals surface area contributed by atoms with Crippen LogP contribution in [0, 0.1) is 5.92 Å². The quantitative estimate of drug-likeness (QED) is 0.529. The van der Waals surface area contributed by atoms with E-state index in [1.807, 2.05) is 0 Å². The van der Waals surface area contributed by atoms with Crippen molar-refractivity contribution < 1.29 is 9.50 Å². The molecule has 1 N–H and O–H groups in total. The molecule has 0 saturated heterocycles. The Hall–Kier alpha value is -0.110. The molecule has 54 valence electrons. The average molecular weight is 132 g/mol. The molecule has 1 aliphatic carbocycles. The first-order valence-electron chi connectivity index (χ1n) is 3.54. The molecule has 2 heteroatoms. The van der Waals surface area contributed by atoms with Crippen molar-refractivity contribution in [2.45, 2.75) is 38.5 Å². The topological polar surface area (TPSA) is 20.2 Å². The van der Waals surface area contributed by atoms with Crippen LogP contribution in [0.15, 0.2) is 0 Å². The number of aliphatic hydroxyl groups is 1. The SMILES string of the molecule is C[C@H]1[C@H](F)CCC[C@@H]1O. The smallest absolute Gasteiger partial charge is 0.105 e. The summed E-state index contributed by atoms with van der Waals surface area (Å²) in [5.41, 5.74) is 0. The highest BCUT2D eigenvalue weighted by Gasteiger charge is 2.27. The van der Waals surface area contributed by atoms with Gasteiger partial charge in [0.15, 0.2) is 0 Å². The first-order chi connectivity index (χ1) is 4.22. The molecule has 0 spiro atoms. The molecule has 0 amide bonds. The minimum atomic E-state index is -0.770. The molecule has 0 aromatic heterocycles. The Labute approximate surface area is 54.9 Å². The Kier molecular flexibility index (Phi) is 2.06. The predicted molar refractivity (Wildman–Crippen MR) is 33.9 cm³/mol. The monoisotopic (exact) mass is 132 g/mol. The molecule has 0 aromatic rings. The normalized spacial score (nSPS) is 45.0. The van der Waals surface area contributed by atoms with E-state index in [4.69, 9.17) is 5.11 Å². The number of alkyl halides is 1. The summed E-state index contributed by atoms with van der Waals surface area (Å²) in [4.78, 5) is 0. The summed E-state index contributed by atoms with van der Waals surface area (Å²) < 4.78 is 12.7. The van der Waals surface area contributed by atoms with Gasteiger partial charge in [-0.15, -0.1) is 0 Å². The van der Waals surface area contributed by atoms with Crippen molar-refractivity contribution in [1.82, 2.24) is 0 Å². The van der Waals surface area contributed by atoms with Crippen LogP contribution in [0.25, 0.3) is 0 Å².